The van der Waals surface area contributed by atoms with Gasteiger partial charge >= 0.3 is 5.97 Å². The first-order valence-corrected chi connectivity index (χ1v) is 7.42. The van der Waals surface area contributed by atoms with E-state index in [0.29, 0.717) is 0 Å². The maximum absolute atomic E-state index is 14.1. The third-order valence-corrected chi connectivity index (χ3v) is 4.03. The van der Waals surface area contributed by atoms with Crippen LogP contribution in [0.2, 0.25) is 0 Å². The molecule has 0 N–H and O–H groups in total. The predicted octanol–water partition coefficient (Wildman–Crippen LogP) is 3.88. The number of carbonyl (C=O) groups excluding carboxylic acids is 1. The molecule has 1 fully saturated rings. The molecule has 2 aromatic rings. The van der Waals surface area contributed by atoms with Crippen LogP contribution < -0.4 is 4.90 Å². The molecule has 1 aliphatic rings. The average Bonchev–Trinajstić information content (AvgIpc) is 3.09. The van der Waals surface area contributed by atoms with Crippen molar-refractivity contribution < 1.29 is 13.9 Å². The molecule has 3 nitrogen and oxygen atoms in total. The Bertz CT molecular complexity index is 693. The molecule has 0 radical (unpaired) electrons. The first-order chi connectivity index (χ1) is 10.7. The summed E-state index contributed by atoms with van der Waals surface area (Å²) in [6.07, 6.45) is 2.43. The quantitative estimate of drug-likeness (QED) is 0.806. The maximum atomic E-state index is 14.1. The number of rotatable bonds is 3. The van der Waals surface area contributed by atoms with Crippen LogP contribution in [0.15, 0.2) is 42.5 Å². The van der Waals surface area contributed by atoms with E-state index in [1.165, 1.54) is 32.1 Å². The molecule has 0 amide bonds. The van der Waals surface area contributed by atoms with Gasteiger partial charge in [0.15, 0.2) is 0 Å². The van der Waals surface area contributed by atoms with E-state index >= 15 is 0 Å². The molecule has 0 bridgehead atoms. The largest absolute Gasteiger partial charge is 0.465 e. The molecule has 114 valence electrons. The minimum Gasteiger partial charge on any atom is -0.465 e. The normalized spacial score (nSPS) is 14.2. The fourth-order valence-electron chi connectivity index (χ4n) is 2.83. The zero-order valence-electron chi connectivity index (χ0n) is 12.5. The van der Waals surface area contributed by atoms with Gasteiger partial charge in [-0.15, -0.1) is 0 Å². The van der Waals surface area contributed by atoms with Gasteiger partial charge in [0, 0.05) is 18.8 Å². The van der Waals surface area contributed by atoms with Gasteiger partial charge in [-0.25, -0.2) is 9.18 Å². The minimum atomic E-state index is -0.658. The van der Waals surface area contributed by atoms with E-state index in [1.807, 2.05) is 12.1 Å². The zero-order chi connectivity index (χ0) is 15.5. The average molecular weight is 299 g/mol. The van der Waals surface area contributed by atoms with Crippen LogP contribution in [-0.4, -0.2) is 26.2 Å². The SMILES string of the molecule is COC(=O)c1ccc(-c2cccc(N3CCCC3)c2)cc1F. The number of hydrogen-bond acceptors (Lipinski definition) is 3. The Morgan fingerprint density at radius 2 is 1.82 bits per heavy atom. The number of carbonyl (C=O) groups is 1. The van der Waals surface area contributed by atoms with Crippen molar-refractivity contribution in [2.45, 2.75) is 12.8 Å². The van der Waals surface area contributed by atoms with Gasteiger partial charge in [0.2, 0.25) is 0 Å². The number of methoxy groups -OCH3 is 1. The van der Waals surface area contributed by atoms with Gasteiger partial charge in [0.1, 0.15) is 5.82 Å². The molecule has 0 aliphatic carbocycles. The summed E-state index contributed by atoms with van der Waals surface area (Å²) in [5, 5.41) is 0. The molecule has 0 spiro atoms. The fourth-order valence-corrected chi connectivity index (χ4v) is 2.83. The molecule has 0 saturated carbocycles. The van der Waals surface area contributed by atoms with E-state index in [4.69, 9.17) is 0 Å². The Hall–Kier alpha value is -2.36. The van der Waals surface area contributed by atoms with Gasteiger partial charge in [-0.3, -0.25) is 0 Å². The molecule has 0 atom stereocenters. The molecule has 4 heteroatoms. The lowest BCUT2D eigenvalue weighted by Crippen LogP contribution is -2.17. The van der Waals surface area contributed by atoms with E-state index < -0.39 is 11.8 Å². The summed E-state index contributed by atoms with van der Waals surface area (Å²) in [4.78, 5) is 13.8. The van der Waals surface area contributed by atoms with Gasteiger partial charge in [-0.1, -0.05) is 18.2 Å². The molecule has 22 heavy (non-hydrogen) atoms. The Morgan fingerprint density at radius 1 is 1.09 bits per heavy atom. The van der Waals surface area contributed by atoms with Gasteiger partial charge in [0.25, 0.3) is 0 Å². The van der Waals surface area contributed by atoms with Crippen molar-refractivity contribution in [2.24, 2.45) is 0 Å². The number of halogens is 1. The van der Waals surface area contributed by atoms with Crippen LogP contribution in [0.5, 0.6) is 0 Å². The summed E-state index contributed by atoms with van der Waals surface area (Å²) < 4.78 is 18.6. The second kappa shape index (κ2) is 6.18. The summed E-state index contributed by atoms with van der Waals surface area (Å²) in [5.74, 6) is -1.22. The van der Waals surface area contributed by atoms with Gasteiger partial charge in [0.05, 0.1) is 12.7 Å². The van der Waals surface area contributed by atoms with E-state index in [2.05, 4.69) is 21.8 Å². The molecule has 0 unspecified atom stereocenters. The molecular weight excluding hydrogens is 281 g/mol. The number of benzene rings is 2. The smallest absolute Gasteiger partial charge is 0.340 e. The zero-order valence-corrected chi connectivity index (χ0v) is 12.5. The van der Waals surface area contributed by atoms with Crippen LogP contribution in [-0.2, 0) is 4.74 Å². The van der Waals surface area contributed by atoms with Crippen LogP contribution in [0, 0.1) is 5.82 Å². The van der Waals surface area contributed by atoms with E-state index in [9.17, 15) is 9.18 Å². The Balaban J connectivity index is 1.92. The predicted molar refractivity (Wildman–Crippen MR) is 84.6 cm³/mol. The van der Waals surface area contributed by atoms with Crippen molar-refractivity contribution >= 4 is 11.7 Å². The summed E-state index contributed by atoms with van der Waals surface area (Å²) in [7, 11) is 1.25. The molecule has 1 saturated heterocycles. The van der Waals surface area contributed by atoms with Crippen molar-refractivity contribution in [3.63, 3.8) is 0 Å². The van der Waals surface area contributed by atoms with Crippen molar-refractivity contribution in [3.05, 3.63) is 53.8 Å². The first kappa shape index (κ1) is 14.6. The monoisotopic (exact) mass is 299 g/mol. The molecular formula is C18H18FNO2. The lowest BCUT2D eigenvalue weighted by atomic mass is 10.0. The number of ether oxygens (including phenoxy) is 1. The molecule has 0 aromatic heterocycles. The minimum absolute atomic E-state index is 0.0399. The van der Waals surface area contributed by atoms with Crippen molar-refractivity contribution in [1.29, 1.82) is 0 Å². The lowest BCUT2D eigenvalue weighted by Gasteiger charge is -2.18. The van der Waals surface area contributed by atoms with Crippen LogP contribution in [0.4, 0.5) is 10.1 Å². The number of esters is 1. The van der Waals surface area contributed by atoms with Crippen LogP contribution in [0.1, 0.15) is 23.2 Å². The Labute approximate surface area is 129 Å². The van der Waals surface area contributed by atoms with Crippen LogP contribution in [0.25, 0.3) is 11.1 Å². The first-order valence-electron chi connectivity index (χ1n) is 7.42. The second-order valence-corrected chi connectivity index (χ2v) is 5.43. The molecule has 1 heterocycles. The topological polar surface area (TPSA) is 29.5 Å². The van der Waals surface area contributed by atoms with E-state index in [-0.39, 0.29) is 5.56 Å². The summed E-state index contributed by atoms with van der Waals surface area (Å²) in [6.45, 7) is 2.14. The highest BCUT2D eigenvalue weighted by Gasteiger charge is 2.15. The Morgan fingerprint density at radius 3 is 2.50 bits per heavy atom. The van der Waals surface area contributed by atoms with Gasteiger partial charge < -0.3 is 9.64 Å². The standard InChI is InChI=1S/C18H18FNO2/c1-22-18(21)16-8-7-14(12-17(16)19)13-5-4-6-15(11-13)20-9-2-3-10-20/h4-8,11-12H,2-3,9-10H2,1H3. The summed E-state index contributed by atoms with van der Waals surface area (Å²) in [6, 6.07) is 12.7. The maximum Gasteiger partial charge on any atom is 0.340 e. The fraction of sp³-hybridized carbons (Fsp3) is 0.278. The van der Waals surface area contributed by atoms with Gasteiger partial charge in [-0.2, -0.15) is 0 Å². The highest BCUT2D eigenvalue weighted by Crippen LogP contribution is 2.28. The van der Waals surface area contributed by atoms with Crippen LogP contribution in [0.3, 0.4) is 0 Å². The highest BCUT2D eigenvalue weighted by atomic mass is 19.1. The number of hydrogen-bond donors (Lipinski definition) is 0. The number of nitrogens with zero attached hydrogens (tertiary/aromatic N) is 1. The summed E-state index contributed by atoms with van der Waals surface area (Å²) >= 11 is 0. The Kier molecular flexibility index (Phi) is 4.09. The van der Waals surface area contributed by atoms with Crippen LogP contribution >= 0.6 is 0 Å². The number of anilines is 1. The second-order valence-electron chi connectivity index (χ2n) is 5.43. The molecule has 2 aromatic carbocycles. The highest BCUT2D eigenvalue weighted by molar-refractivity contribution is 5.90. The molecule has 1 aliphatic heterocycles. The lowest BCUT2D eigenvalue weighted by molar-refractivity contribution is 0.0595. The van der Waals surface area contributed by atoms with E-state index in [0.717, 1.165) is 29.9 Å². The van der Waals surface area contributed by atoms with E-state index in [1.54, 1.807) is 6.07 Å². The van der Waals surface area contributed by atoms with Gasteiger partial charge in [-0.05, 0) is 48.2 Å². The molecule has 3 rings (SSSR count). The third kappa shape index (κ3) is 2.82. The third-order valence-electron chi connectivity index (χ3n) is 4.03. The van der Waals surface area contributed by atoms with Crippen molar-refractivity contribution in [1.82, 2.24) is 0 Å². The van der Waals surface area contributed by atoms with Crippen molar-refractivity contribution in [3.8, 4) is 11.1 Å². The van der Waals surface area contributed by atoms with Crippen molar-refractivity contribution in [2.75, 3.05) is 25.1 Å². The summed E-state index contributed by atoms with van der Waals surface area (Å²) in [5.41, 5.74) is 2.82.